The average molecular weight is 186 g/mol. The Morgan fingerprint density at radius 3 is 2.46 bits per heavy atom. The van der Waals surface area contributed by atoms with Gasteiger partial charge in [0, 0.05) is 6.42 Å². The number of unbranched alkanes of at least 4 members (excludes halogenated alkanes) is 3. The highest BCUT2D eigenvalue weighted by Gasteiger charge is 2.06. The first kappa shape index (κ1) is 12.5. The molecule has 2 nitrogen and oxygen atoms in total. The lowest BCUT2D eigenvalue weighted by Crippen LogP contribution is -2.13. The van der Waals surface area contributed by atoms with E-state index in [2.05, 4.69) is 6.92 Å². The van der Waals surface area contributed by atoms with E-state index in [4.69, 9.17) is 4.74 Å². The molecule has 0 aliphatic carbocycles. The molecule has 0 aromatic carbocycles. The fraction of sp³-hybridized carbons (Fsp3) is 0.909. The Labute approximate surface area is 81.7 Å². The number of carbonyl (C=O) groups excluding carboxylic acids is 1. The number of carbonyl (C=O) groups is 1. The lowest BCUT2D eigenvalue weighted by atomic mass is 10.1. The van der Waals surface area contributed by atoms with E-state index in [1.807, 2.05) is 13.8 Å². The summed E-state index contributed by atoms with van der Waals surface area (Å²) in [4.78, 5) is 10.9. The van der Waals surface area contributed by atoms with Crippen molar-refractivity contribution in [2.45, 2.75) is 65.4 Å². The van der Waals surface area contributed by atoms with E-state index >= 15 is 0 Å². The summed E-state index contributed by atoms with van der Waals surface area (Å²) in [6, 6.07) is 0. The van der Waals surface area contributed by atoms with Crippen molar-refractivity contribution < 1.29 is 9.53 Å². The summed E-state index contributed by atoms with van der Waals surface area (Å²) in [5, 5.41) is 0. The third-order valence-corrected chi connectivity index (χ3v) is 2.09. The molecule has 13 heavy (non-hydrogen) atoms. The quantitative estimate of drug-likeness (QED) is 0.450. The van der Waals surface area contributed by atoms with Gasteiger partial charge in [-0.05, 0) is 19.8 Å². The van der Waals surface area contributed by atoms with Crippen LogP contribution in [-0.2, 0) is 9.53 Å². The molecule has 0 aliphatic heterocycles. The molecule has 0 radical (unpaired) electrons. The summed E-state index contributed by atoms with van der Waals surface area (Å²) in [7, 11) is 0. The van der Waals surface area contributed by atoms with E-state index in [1.165, 1.54) is 25.7 Å². The lowest BCUT2D eigenvalue weighted by molar-refractivity contribution is -0.148. The average Bonchev–Trinajstić information content (AvgIpc) is 2.12. The second kappa shape index (κ2) is 8.09. The van der Waals surface area contributed by atoms with Gasteiger partial charge in [0.25, 0.3) is 0 Å². The van der Waals surface area contributed by atoms with Gasteiger partial charge >= 0.3 is 5.97 Å². The molecule has 0 aromatic heterocycles. The van der Waals surface area contributed by atoms with Crippen LogP contribution in [0, 0.1) is 0 Å². The van der Waals surface area contributed by atoms with Crippen LogP contribution in [-0.4, -0.2) is 12.1 Å². The zero-order valence-corrected chi connectivity index (χ0v) is 9.14. The van der Waals surface area contributed by atoms with Gasteiger partial charge in [0.1, 0.15) is 0 Å². The largest absolute Gasteiger partial charge is 0.463 e. The second-order valence-electron chi connectivity index (χ2n) is 3.50. The molecule has 0 spiro atoms. The number of hydrogen-bond donors (Lipinski definition) is 0. The zero-order chi connectivity index (χ0) is 10.1. The Morgan fingerprint density at radius 2 is 1.92 bits per heavy atom. The third-order valence-electron chi connectivity index (χ3n) is 2.09. The van der Waals surface area contributed by atoms with E-state index in [9.17, 15) is 4.79 Å². The van der Waals surface area contributed by atoms with Crippen molar-refractivity contribution in [2.75, 3.05) is 0 Å². The topological polar surface area (TPSA) is 26.3 Å². The summed E-state index contributed by atoms with van der Waals surface area (Å²) in [5.41, 5.74) is 0. The van der Waals surface area contributed by atoms with Crippen LogP contribution in [0.3, 0.4) is 0 Å². The molecule has 0 aromatic rings. The number of rotatable bonds is 7. The first-order valence-electron chi connectivity index (χ1n) is 5.40. The van der Waals surface area contributed by atoms with Gasteiger partial charge in [-0.25, -0.2) is 0 Å². The van der Waals surface area contributed by atoms with Gasteiger partial charge in [0.15, 0.2) is 0 Å². The fourth-order valence-electron chi connectivity index (χ4n) is 1.23. The van der Waals surface area contributed by atoms with Crippen molar-refractivity contribution in [3.05, 3.63) is 0 Å². The molecule has 0 amide bonds. The molecule has 0 saturated heterocycles. The Kier molecular flexibility index (Phi) is 7.76. The Bertz CT molecular complexity index is 132. The number of ether oxygens (including phenoxy) is 1. The van der Waals surface area contributed by atoms with Crippen LogP contribution in [0.1, 0.15) is 59.3 Å². The van der Waals surface area contributed by atoms with E-state index in [0.29, 0.717) is 6.42 Å². The van der Waals surface area contributed by atoms with Crippen molar-refractivity contribution in [2.24, 2.45) is 0 Å². The lowest BCUT2D eigenvalue weighted by Gasteiger charge is -2.11. The third kappa shape index (κ3) is 7.82. The molecule has 2 heteroatoms. The SMILES string of the molecule is CCCCCC[C@H](C)OC(=O)CC. The van der Waals surface area contributed by atoms with Crippen LogP contribution < -0.4 is 0 Å². The van der Waals surface area contributed by atoms with Crippen molar-refractivity contribution >= 4 is 5.97 Å². The summed E-state index contributed by atoms with van der Waals surface area (Å²) in [6.45, 7) is 5.99. The molecule has 1 atom stereocenters. The molecule has 0 unspecified atom stereocenters. The van der Waals surface area contributed by atoms with Gasteiger partial charge in [-0.15, -0.1) is 0 Å². The molecular weight excluding hydrogens is 164 g/mol. The molecule has 78 valence electrons. The fourth-order valence-corrected chi connectivity index (χ4v) is 1.23. The second-order valence-corrected chi connectivity index (χ2v) is 3.50. The highest BCUT2D eigenvalue weighted by molar-refractivity contribution is 5.69. The minimum atomic E-state index is -0.0806. The van der Waals surface area contributed by atoms with Crippen LogP contribution in [0.15, 0.2) is 0 Å². The van der Waals surface area contributed by atoms with Crippen LogP contribution >= 0.6 is 0 Å². The molecule has 0 bridgehead atoms. The van der Waals surface area contributed by atoms with E-state index < -0.39 is 0 Å². The van der Waals surface area contributed by atoms with Gasteiger partial charge in [0.2, 0.25) is 0 Å². The summed E-state index contributed by atoms with van der Waals surface area (Å²) >= 11 is 0. The Hall–Kier alpha value is -0.530. The van der Waals surface area contributed by atoms with Crippen LogP contribution in [0.5, 0.6) is 0 Å². The van der Waals surface area contributed by atoms with Gasteiger partial charge < -0.3 is 4.74 Å². The molecule has 0 heterocycles. The predicted molar refractivity (Wildman–Crippen MR) is 54.6 cm³/mol. The first-order chi connectivity index (χ1) is 6.20. The van der Waals surface area contributed by atoms with Crippen molar-refractivity contribution in [1.82, 2.24) is 0 Å². The van der Waals surface area contributed by atoms with Crippen LogP contribution in [0.4, 0.5) is 0 Å². The minimum Gasteiger partial charge on any atom is -0.463 e. The van der Waals surface area contributed by atoms with Crippen molar-refractivity contribution in [3.63, 3.8) is 0 Å². The molecular formula is C11H22O2. The minimum absolute atomic E-state index is 0.0806. The van der Waals surface area contributed by atoms with Gasteiger partial charge in [0.05, 0.1) is 6.10 Å². The highest BCUT2D eigenvalue weighted by Crippen LogP contribution is 2.08. The Morgan fingerprint density at radius 1 is 1.23 bits per heavy atom. The number of hydrogen-bond acceptors (Lipinski definition) is 2. The van der Waals surface area contributed by atoms with Crippen LogP contribution in [0.2, 0.25) is 0 Å². The van der Waals surface area contributed by atoms with E-state index in [1.54, 1.807) is 0 Å². The smallest absolute Gasteiger partial charge is 0.305 e. The summed E-state index contributed by atoms with van der Waals surface area (Å²) in [5.74, 6) is -0.0806. The van der Waals surface area contributed by atoms with Crippen LogP contribution in [0.25, 0.3) is 0 Å². The maximum Gasteiger partial charge on any atom is 0.305 e. The monoisotopic (exact) mass is 186 g/mol. The van der Waals surface area contributed by atoms with E-state index in [-0.39, 0.29) is 12.1 Å². The zero-order valence-electron chi connectivity index (χ0n) is 9.14. The normalized spacial score (nSPS) is 12.5. The van der Waals surface area contributed by atoms with Crippen molar-refractivity contribution in [3.8, 4) is 0 Å². The predicted octanol–water partition coefficient (Wildman–Crippen LogP) is 3.30. The molecule has 0 rings (SSSR count). The Balaban J connectivity index is 3.29. The molecule has 0 aliphatic rings. The van der Waals surface area contributed by atoms with Gasteiger partial charge in [-0.1, -0.05) is 33.1 Å². The van der Waals surface area contributed by atoms with E-state index in [0.717, 1.165) is 6.42 Å². The van der Waals surface area contributed by atoms with Gasteiger partial charge in [-0.3, -0.25) is 4.79 Å². The molecule has 0 saturated carbocycles. The standard InChI is InChI=1S/C11H22O2/c1-4-6-7-8-9-10(3)13-11(12)5-2/h10H,4-9H2,1-3H3/t10-/m0/s1. The summed E-state index contributed by atoms with van der Waals surface area (Å²) in [6.07, 6.45) is 6.56. The molecule has 0 N–H and O–H groups in total. The summed E-state index contributed by atoms with van der Waals surface area (Å²) < 4.78 is 5.14. The van der Waals surface area contributed by atoms with Gasteiger partial charge in [-0.2, -0.15) is 0 Å². The first-order valence-corrected chi connectivity index (χ1v) is 5.40. The highest BCUT2D eigenvalue weighted by atomic mass is 16.5. The maximum absolute atomic E-state index is 10.9. The molecule has 0 fully saturated rings. The number of esters is 1. The van der Waals surface area contributed by atoms with Crippen molar-refractivity contribution in [1.29, 1.82) is 0 Å². The maximum atomic E-state index is 10.9.